The summed E-state index contributed by atoms with van der Waals surface area (Å²) >= 11 is 0. The Kier molecular flexibility index (Phi) is 4.74. The number of rotatable bonds is 5. The SMILES string of the molecule is CNCc1ccc(F)cc1S(=O)(=O)N(C)C1CCOC1. The Morgan fingerprint density at radius 3 is 2.85 bits per heavy atom. The molecule has 0 radical (unpaired) electrons. The van der Waals surface area contributed by atoms with E-state index in [-0.39, 0.29) is 10.9 Å². The second kappa shape index (κ2) is 6.17. The van der Waals surface area contributed by atoms with Gasteiger partial charge < -0.3 is 10.1 Å². The molecule has 1 aromatic carbocycles. The van der Waals surface area contributed by atoms with E-state index in [0.29, 0.717) is 31.7 Å². The summed E-state index contributed by atoms with van der Waals surface area (Å²) in [5, 5.41) is 2.89. The molecule has 0 saturated carbocycles. The highest BCUT2D eigenvalue weighted by molar-refractivity contribution is 7.89. The van der Waals surface area contributed by atoms with Crippen LogP contribution in [0.15, 0.2) is 23.1 Å². The zero-order chi connectivity index (χ0) is 14.8. The average molecular weight is 302 g/mol. The number of ether oxygens (including phenoxy) is 1. The predicted octanol–water partition coefficient (Wildman–Crippen LogP) is 0.955. The summed E-state index contributed by atoms with van der Waals surface area (Å²) in [7, 11) is -0.491. The van der Waals surface area contributed by atoms with Gasteiger partial charge in [-0.15, -0.1) is 0 Å². The maximum absolute atomic E-state index is 13.4. The zero-order valence-corrected chi connectivity index (χ0v) is 12.4. The molecule has 1 atom stereocenters. The Morgan fingerprint density at radius 1 is 1.50 bits per heavy atom. The third kappa shape index (κ3) is 3.01. The monoisotopic (exact) mass is 302 g/mol. The molecule has 1 heterocycles. The van der Waals surface area contributed by atoms with Crippen LogP contribution in [0.1, 0.15) is 12.0 Å². The Hall–Kier alpha value is -1.02. The Bertz CT molecular complexity index is 571. The summed E-state index contributed by atoms with van der Waals surface area (Å²) < 4.78 is 45.2. The van der Waals surface area contributed by atoms with Crippen molar-refractivity contribution < 1.29 is 17.5 Å². The van der Waals surface area contributed by atoms with E-state index in [1.165, 1.54) is 23.5 Å². The first kappa shape index (κ1) is 15.4. The second-order valence-electron chi connectivity index (χ2n) is 4.82. The lowest BCUT2D eigenvalue weighted by Gasteiger charge is -2.24. The molecule has 0 amide bonds. The molecule has 20 heavy (non-hydrogen) atoms. The lowest BCUT2D eigenvalue weighted by molar-refractivity contribution is 0.181. The Labute approximate surface area is 118 Å². The summed E-state index contributed by atoms with van der Waals surface area (Å²) in [6.07, 6.45) is 0.659. The summed E-state index contributed by atoms with van der Waals surface area (Å²) in [5.74, 6) is -0.556. The van der Waals surface area contributed by atoms with Gasteiger partial charge in [-0.1, -0.05) is 6.07 Å². The molecule has 0 aromatic heterocycles. The number of hydrogen-bond donors (Lipinski definition) is 1. The summed E-state index contributed by atoms with van der Waals surface area (Å²) in [6.45, 7) is 1.30. The fraction of sp³-hybridized carbons (Fsp3) is 0.538. The van der Waals surface area contributed by atoms with Crippen LogP contribution in [-0.4, -0.2) is 46.1 Å². The maximum atomic E-state index is 13.4. The van der Waals surface area contributed by atoms with E-state index in [1.807, 2.05) is 0 Å². The molecule has 1 aliphatic rings. The third-order valence-electron chi connectivity index (χ3n) is 3.47. The van der Waals surface area contributed by atoms with E-state index in [4.69, 9.17) is 4.74 Å². The summed E-state index contributed by atoms with van der Waals surface area (Å²) in [6, 6.07) is 3.65. The number of nitrogens with one attached hydrogen (secondary N) is 1. The van der Waals surface area contributed by atoms with E-state index in [1.54, 1.807) is 7.05 Å². The normalized spacial score (nSPS) is 19.7. The molecule has 112 valence electrons. The van der Waals surface area contributed by atoms with E-state index in [2.05, 4.69) is 5.32 Å². The molecule has 2 rings (SSSR count). The number of nitrogens with zero attached hydrogens (tertiary/aromatic N) is 1. The van der Waals surface area contributed by atoms with Gasteiger partial charge in [-0.3, -0.25) is 0 Å². The topological polar surface area (TPSA) is 58.6 Å². The Balaban J connectivity index is 2.39. The van der Waals surface area contributed by atoms with Crippen LogP contribution in [0, 0.1) is 5.82 Å². The molecular formula is C13H19FN2O3S. The minimum atomic E-state index is -3.72. The zero-order valence-electron chi connectivity index (χ0n) is 11.6. The lowest BCUT2D eigenvalue weighted by Crippen LogP contribution is -2.38. The van der Waals surface area contributed by atoms with E-state index in [9.17, 15) is 12.8 Å². The third-order valence-corrected chi connectivity index (χ3v) is 5.47. The average Bonchev–Trinajstić information content (AvgIpc) is 2.94. The van der Waals surface area contributed by atoms with Crippen molar-refractivity contribution in [1.82, 2.24) is 9.62 Å². The number of benzene rings is 1. The van der Waals surface area contributed by atoms with Gasteiger partial charge in [-0.2, -0.15) is 4.31 Å². The fourth-order valence-corrected chi connectivity index (χ4v) is 3.87. The number of hydrogen-bond acceptors (Lipinski definition) is 4. The second-order valence-corrected chi connectivity index (χ2v) is 6.79. The smallest absolute Gasteiger partial charge is 0.243 e. The molecular weight excluding hydrogens is 283 g/mol. The number of sulfonamides is 1. The lowest BCUT2D eigenvalue weighted by atomic mass is 10.2. The van der Waals surface area contributed by atoms with Gasteiger partial charge in [-0.25, -0.2) is 12.8 Å². The quantitative estimate of drug-likeness (QED) is 0.880. The minimum Gasteiger partial charge on any atom is -0.380 e. The number of likely N-dealkylation sites (N-methyl/N-ethyl adjacent to an activating group) is 1. The minimum absolute atomic E-state index is 0.0150. The molecule has 1 saturated heterocycles. The van der Waals surface area contributed by atoms with Gasteiger partial charge in [0, 0.05) is 20.2 Å². The van der Waals surface area contributed by atoms with Gasteiger partial charge in [0.05, 0.1) is 17.5 Å². The molecule has 0 bridgehead atoms. The molecule has 1 N–H and O–H groups in total. The van der Waals surface area contributed by atoms with Crippen molar-refractivity contribution in [3.63, 3.8) is 0 Å². The first-order valence-electron chi connectivity index (χ1n) is 6.45. The highest BCUT2D eigenvalue weighted by Gasteiger charge is 2.32. The van der Waals surface area contributed by atoms with Gasteiger partial charge >= 0.3 is 0 Å². The van der Waals surface area contributed by atoms with Gasteiger partial charge in [0.2, 0.25) is 10.0 Å². The van der Waals surface area contributed by atoms with Crippen LogP contribution in [0.3, 0.4) is 0 Å². The van der Waals surface area contributed by atoms with Crippen LogP contribution in [0.5, 0.6) is 0 Å². The van der Waals surface area contributed by atoms with Crippen LogP contribution in [0.4, 0.5) is 4.39 Å². The molecule has 1 aromatic rings. The summed E-state index contributed by atoms with van der Waals surface area (Å²) in [4.78, 5) is 0.0150. The first-order valence-corrected chi connectivity index (χ1v) is 7.89. The standard InChI is InChI=1S/C13H19FN2O3S/c1-15-8-10-3-4-11(14)7-13(10)20(17,18)16(2)12-5-6-19-9-12/h3-4,7,12,15H,5-6,8-9H2,1-2H3. The van der Waals surface area contributed by atoms with E-state index < -0.39 is 15.8 Å². The molecule has 7 heteroatoms. The first-order chi connectivity index (χ1) is 9.46. The molecule has 0 spiro atoms. The van der Waals surface area contributed by atoms with Gasteiger partial charge in [0.15, 0.2) is 0 Å². The van der Waals surface area contributed by atoms with Crippen molar-refractivity contribution in [3.8, 4) is 0 Å². The van der Waals surface area contributed by atoms with Crippen molar-refractivity contribution >= 4 is 10.0 Å². The molecule has 5 nitrogen and oxygen atoms in total. The molecule has 1 aliphatic heterocycles. The predicted molar refractivity (Wildman–Crippen MR) is 73.3 cm³/mol. The fourth-order valence-electron chi connectivity index (χ4n) is 2.27. The molecule has 0 aliphatic carbocycles. The van der Waals surface area contributed by atoms with Crippen LogP contribution in [0.25, 0.3) is 0 Å². The van der Waals surface area contributed by atoms with Crippen molar-refractivity contribution in [1.29, 1.82) is 0 Å². The van der Waals surface area contributed by atoms with Crippen LogP contribution in [-0.2, 0) is 21.3 Å². The number of halogens is 1. The van der Waals surface area contributed by atoms with Gasteiger partial charge in [0.1, 0.15) is 5.82 Å². The van der Waals surface area contributed by atoms with Crippen LogP contribution in [0.2, 0.25) is 0 Å². The van der Waals surface area contributed by atoms with E-state index >= 15 is 0 Å². The van der Waals surface area contributed by atoms with Crippen molar-refractivity contribution in [2.45, 2.75) is 23.9 Å². The van der Waals surface area contributed by atoms with E-state index in [0.717, 1.165) is 6.07 Å². The Morgan fingerprint density at radius 2 is 2.25 bits per heavy atom. The van der Waals surface area contributed by atoms with Crippen LogP contribution >= 0.6 is 0 Å². The highest BCUT2D eigenvalue weighted by Crippen LogP contribution is 2.24. The molecule has 1 fully saturated rings. The van der Waals surface area contributed by atoms with Crippen LogP contribution < -0.4 is 5.32 Å². The molecule has 1 unspecified atom stereocenters. The van der Waals surface area contributed by atoms with Gasteiger partial charge in [-0.05, 0) is 31.2 Å². The van der Waals surface area contributed by atoms with Crippen molar-refractivity contribution in [2.24, 2.45) is 0 Å². The highest BCUT2D eigenvalue weighted by atomic mass is 32.2. The maximum Gasteiger partial charge on any atom is 0.243 e. The summed E-state index contributed by atoms with van der Waals surface area (Å²) in [5.41, 5.74) is 0.555. The largest absolute Gasteiger partial charge is 0.380 e. The van der Waals surface area contributed by atoms with Crippen molar-refractivity contribution in [2.75, 3.05) is 27.3 Å². The van der Waals surface area contributed by atoms with Crippen molar-refractivity contribution in [3.05, 3.63) is 29.6 Å². The van der Waals surface area contributed by atoms with Gasteiger partial charge in [0.25, 0.3) is 0 Å².